The summed E-state index contributed by atoms with van der Waals surface area (Å²) in [5, 5.41) is 2.89. The van der Waals surface area contributed by atoms with Gasteiger partial charge in [-0.2, -0.15) is 0 Å². The van der Waals surface area contributed by atoms with Gasteiger partial charge in [-0.05, 0) is 79.4 Å². The minimum atomic E-state index is -3.86. The largest absolute Gasteiger partial charge is 0.378 e. The highest BCUT2D eigenvalue weighted by Crippen LogP contribution is 2.23. The van der Waals surface area contributed by atoms with Crippen LogP contribution in [0.4, 0.5) is 11.4 Å². The van der Waals surface area contributed by atoms with Crippen molar-refractivity contribution in [2.24, 2.45) is 0 Å². The highest BCUT2D eigenvalue weighted by Gasteiger charge is 2.20. The third-order valence-corrected chi connectivity index (χ3v) is 7.79. The summed E-state index contributed by atoms with van der Waals surface area (Å²) in [6, 6.07) is 18.2. The summed E-state index contributed by atoms with van der Waals surface area (Å²) in [6.07, 6.45) is 0. The van der Waals surface area contributed by atoms with E-state index in [0.29, 0.717) is 23.4 Å². The van der Waals surface area contributed by atoms with Gasteiger partial charge in [0.05, 0.1) is 18.1 Å². The van der Waals surface area contributed by atoms with Gasteiger partial charge in [0.25, 0.3) is 15.9 Å². The summed E-state index contributed by atoms with van der Waals surface area (Å²) in [7, 11) is -3.86. The number of carbonyl (C=O) groups is 1. The molecule has 0 unspecified atom stereocenters. The third-order valence-electron chi connectivity index (χ3n) is 6.26. The predicted molar refractivity (Wildman–Crippen MR) is 139 cm³/mol. The van der Waals surface area contributed by atoms with Gasteiger partial charge in [-0.25, -0.2) is 8.42 Å². The van der Waals surface area contributed by atoms with Crippen molar-refractivity contribution in [3.63, 3.8) is 0 Å². The fourth-order valence-electron chi connectivity index (χ4n) is 3.98. The van der Waals surface area contributed by atoms with Gasteiger partial charge in [0, 0.05) is 36.6 Å². The molecule has 8 heteroatoms. The summed E-state index contributed by atoms with van der Waals surface area (Å²) in [6.45, 7) is 9.16. The molecule has 1 aliphatic heterocycles. The van der Waals surface area contributed by atoms with Crippen LogP contribution < -0.4 is 14.9 Å². The number of nitrogens with zero attached hydrogens (tertiary/aromatic N) is 1. The zero-order chi connectivity index (χ0) is 25.0. The molecule has 3 aromatic rings. The Kier molecular flexibility index (Phi) is 7.42. The Morgan fingerprint density at radius 3 is 2.26 bits per heavy atom. The van der Waals surface area contributed by atoms with Crippen molar-refractivity contribution < 1.29 is 17.9 Å². The van der Waals surface area contributed by atoms with E-state index in [9.17, 15) is 13.2 Å². The predicted octanol–water partition coefficient (Wildman–Crippen LogP) is 4.18. The van der Waals surface area contributed by atoms with E-state index in [-0.39, 0.29) is 10.8 Å². The molecule has 0 aromatic heterocycles. The van der Waals surface area contributed by atoms with Gasteiger partial charge in [0.1, 0.15) is 0 Å². The summed E-state index contributed by atoms with van der Waals surface area (Å²) in [4.78, 5) is 15.2. The molecule has 0 bridgehead atoms. The second-order valence-electron chi connectivity index (χ2n) is 8.83. The fraction of sp³-hybridized carbons (Fsp3) is 0.296. The summed E-state index contributed by atoms with van der Waals surface area (Å²) in [5.41, 5.74) is 5.52. The molecular weight excluding hydrogens is 462 g/mol. The number of anilines is 2. The van der Waals surface area contributed by atoms with Gasteiger partial charge in [-0.3, -0.25) is 9.52 Å². The molecule has 0 saturated carbocycles. The van der Waals surface area contributed by atoms with Crippen molar-refractivity contribution in [1.29, 1.82) is 0 Å². The monoisotopic (exact) mass is 493 g/mol. The Labute approximate surface area is 207 Å². The number of amides is 1. The molecule has 1 aliphatic rings. The van der Waals surface area contributed by atoms with Crippen LogP contribution in [0.1, 0.15) is 32.6 Å². The van der Waals surface area contributed by atoms with Crippen molar-refractivity contribution in [1.82, 2.24) is 5.32 Å². The zero-order valence-corrected chi connectivity index (χ0v) is 21.1. The lowest BCUT2D eigenvalue weighted by Gasteiger charge is -2.28. The number of hydrogen-bond acceptors (Lipinski definition) is 5. The van der Waals surface area contributed by atoms with Crippen LogP contribution in [-0.4, -0.2) is 40.6 Å². The number of nitrogens with one attached hydrogen (secondary N) is 2. The van der Waals surface area contributed by atoms with Crippen LogP contribution in [0.25, 0.3) is 0 Å². The number of morpholine rings is 1. The second-order valence-corrected chi connectivity index (χ2v) is 10.5. The lowest BCUT2D eigenvalue weighted by atomic mass is 10.1. The van der Waals surface area contributed by atoms with Gasteiger partial charge in [0.15, 0.2) is 0 Å². The summed E-state index contributed by atoms with van der Waals surface area (Å²) < 4.78 is 34.2. The van der Waals surface area contributed by atoms with Crippen LogP contribution in [0.15, 0.2) is 65.6 Å². The van der Waals surface area contributed by atoms with E-state index in [2.05, 4.69) is 14.9 Å². The van der Waals surface area contributed by atoms with Crippen molar-refractivity contribution in [3.05, 3.63) is 88.5 Å². The van der Waals surface area contributed by atoms with Crippen LogP contribution in [0.5, 0.6) is 0 Å². The Morgan fingerprint density at radius 1 is 0.886 bits per heavy atom. The zero-order valence-electron chi connectivity index (χ0n) is 20.3. The highest BCUT2D eigenvalue weighted by atomic mass is 32.2. The van der Waals surface area contributed by atoms with Crippen molar-refractivity contribution in [2.75, 3.05) is 35.9 Å². The topological polar surface area (TPSA) is 87.7 Å². The minimum absolute atomic E-state index is 0.0817. The fourth-order valence-corrected chi connectivity index (χ4v) is 5.30. The van der Waals surface area contributed by atoms with Crippen molar-refractivity contribution in [2.45, 2.75) is 32.2 Å². The van der Waals surface area contributed by atoms with Gasteiger partial charge < -0.3 is 15.0 Å². The number of ether oxygens (including phenoxy) is 1. The maximum Gasteiger partial charge on any atom is 0.262 e. The van der Waals surface area contributed by atoms with E-state index >= 15 is 0 Å². The molecule has 35 heavy (non-hydrogen) atoms. The van der Waals surface area contributed by atoms with E-state index in [1.54, 1.807) is 31.2 Å². The van der Waals surface area contributed by atoms with E-state index < -0.39 is 10.0 Å². The van der Waals surface area contributed by atoms with Gasteiger partial charge >= 0.3 is 0 Å². The Hall–Kier alpha value is -3.36. The van der Waals surface area contributed by atoms with Crippen LogP contribution in [0.3, 0.4) is 0 Å². The number of benzene rings is 3. The molecule has 0 aliphatic carbocycles. The van der Waals surface area contributed by atoms with E-state index in [0.717, 1.165) is 48.7 Å². The molecule has 3 aromatic carbocycles. The second kappa shape index (κ2) is 10.5. The first-order chi connectivity index (χ1) is 16.7. The Morgan fingerprint density at radius 2 is 1.57 bits per heavy atom. The van der Waals surface area contributed by atoms with E-state index in [4.69, 9.17) is 4.74 Å². The number of rotatable bonds is 7. The van der Waals surface area contributed by atoms with E-state index in [1.807, 2.05) is 44.2 Å². The van der Waals surface area contributed by atoms with Gasteiger partial charge in [0.2, 0.25) is 0 Å². The molecule has 7 nitrogen and oxygen atoms in total. The number of hydrogen-bond donors (Lipinski definition) is 2. The Bertz CT molecular complexity index is 1310. The molecule has 184 valence electrons. The highest BCUT2D eigenvalue weighted by molar-refractivity contribution is 7.92. The quantitative estimate of drug-likeness (QED) is 0.516. The molecule has 1 amide bonds. The first-order valence-electron chi connectivity index (χ1n) is 11.6. The van der Waals surface area contributed by atoms with E-state index in [1.165, 1.54) is 6.07 Å². The van der Waals surface area contributed by atoms with Gasteiger partial charge in [-0.15, -0.1) is 0 Å². The average molecular weight is 494 g/mol. The molecule has 0 atom stereocenters. The van der Waals surface area contributed by atoms with Crippen molar-refractivity contribution in [3.8, 4) is 0 Å². The van der Waals surface area contributed by atoms with Crippen molar-refractivity contribution >= 4 is 27.3 Å². The number of sulfonamides is 1. The van der Waals surface area contributed by atoms with Crippen LogP contribution in [-0.2, 0) is 21.3 Å². The van der Waals surface area contributed by atoms with Crippen LogP contribution >= 0.6 is 0 Å². The van der Waals surface area contributed by atoms with Gasteiger partial charge in [-0.1, -0.05) is 24.3 Å². The normalized spacial score (nSPS) is 14.0. The summed E-state index contributed by atoms with van der Waals surface area (Å²) in [5.74, 6) is -0.329. The maximum atomic E-state index is 13.1. The first kappa shape index (κ1) is 24.8. The third kappa shape index (κ3) is 6.01. The average Bonchev–Trinajstić information content (AvgIpc) is 2.85. The molecule has 4 rings (SSSR count). The SMILES string of the molecule is Cc1ccc(NS(=O)(=O)c2cc(C(=O)NCc3ccc(N4CCOCC4)cc3)ccc2C)cc1C. The molecule has 2 N–H and O–H groups in total. The standard InChI is InChI=1S/C27H31N3O4S/c1-19-5-9-24(16-21(19)3)29-35(32,33)26-17-23(8-4-20(26)2)27(31)28-18-22-6-10-25(11-7-22)30-12-14-34-15-13-30/h4-11,16-17,29H,12-15,18H2,1-3H3,(H,28,31). The number of aryl methyl sites for hydroxylation is 3. The molecule has 0 radical (unpaired) electrons. The molecule has 1 fully saturated rings. The maximum absolute atomic E-state index is 13.1. The van der Waals surface area contributed by atoms with Crippen LogP contribution in [0.2, 0.25) is 0 Å². The minimum Gasteiger partial charge on any atom is -0.378 e. The summed E-state index contributed by atoms with van der Waals surface area (Å²) >= 11 is 0. The lowest BCUT2D eigenvalue weighted by Crippen LogP contribution is -2.36. The number of carbonyl (C=O) groups excluding carboxylic acids is 1. The molecular formula is C27H31N3O4S. The lowest BCUT2D eigenvalue weighted by molar-refractivity contribution is 0.0950. The smallest absolute Gasteiger partial charge is 0.262 e. The molecule has 1 saturated heterocycles. The molecule has 0 spiro atoms. The molecule has 1 heterocycles. The Balaban J connectivity index is 1.43. The first-order valence-corrected chi connectivity index (χ1v) is 13.1. The van der Waals surface area contributed by atoms with Crippen LogP contribution in [0, 0.1) is 20.8 Å².